The lowest BCUT2D eigenvalue weighted by molar-refractivity contribution is -0.0446. The number of methoxy groups -OCH3 is 1. The summed E-state index contributed by atoms with van der Waals surface area (Å²) in [7, 11) is 1.61. The smallest absolute Gasteiger partial charge is 0.262 e. The summed E-state index contributed by atoms with van der Waals surface area (Å²) in [5.41, 5.74) is 2.37. The van der Waals surface area contributed by atoms with E-state index in [1.807, 2.05) is 0 Å². The molecule has 2 N–H and O–H groups in total. The van der Waals surface area contributed by atoms with E-state index in [1.54, 1.807) is 17.9 Å². The van der Waals surface area contributed by atoms with Crippen LogP contribution < -0.4 is 10.9 Å². The monoisotopic (exact) mass is 473 g/mol. The maximum Gasteiger partial charge on any atom is 0.262 e. The van der Waals surface area contributed by atoms with Gasteiger partial charge in [-0.3, -0.25) is 10.1 Å². The third-order valence-electron chi connectivity index (χ3n) is 6.64. The number of hydrogen-bond donors (Lipinski definition) is 2. The number of halogens is 3. The Balaban J connectivity index is 1.51. The van der Waals surface area contributed by atoms with Gasteiger partial charge in [0.25, 0.3) is 5.56 Å². The second-order valence-electron chi connectivity index (χ2n) is 8.92. The fourth-order valence-corrected chi connectivity index (χ4v) is 4.89. The summed E-state index contributed by atoms with van der Waals surface area (Å²) in [6.07, 6.45) is 4.26. The average molecular weight is 473 g/mol. The first kappa shape index (κ1) is 22.8. The molecule has 3 aromatic rings. The summed E-state index contributed by atoms with van der Waals surface area (Å²) in [4.78, 5) is 20.2. The average Bonchev–Trinajstić information content (AvgIpc) is 3.24. The zero-order chi connectivity index (χ0) is 23.9. The van der Waals surface area contributed by atoms with E-state index in [2.05, 4.69) is 26.5 Å². The number of aromatic amines is 1. The first-order chi connectivity index (χ1) is 16.3. The molecule has 0 spiro atoms. The molecule has 0 saturated heterocycles. The van der Waals surface area contributed by atoms with Crippen molar-refractivity contribution in [3.05, 3.63) is 63.6 Å². The quantitative estimate of drug-likeness (QED) is 0.586. The Morgan fingerprint density at radius 1 is 1.26 bits per heavy atom. The van der Waals surface area contributed by atoms with E-state index in [1.165, 1.54) is 18.3 Å². The predicted octanol–water partition coefficient (Wildman–Crippen LogP) is 3.95. The summed E-state index contributed by atoms with van der Waals surface area (Å²) in [6.45, 7) is 0.779. The van der Waals surface area contributed by atoms with Crippen LogP contribution in [0.1, 0.15) is 55.1 Å². The van der Waals surface area contributed by atoms with Gasteiger partial charge in [0.1, 0.15) is 23.3 Å². The minimum Gasteiger partial charge on any atom is -0.362 e. The van der Waals surface area contributed by atoms with Crippen LogP contribution in [0.3, 0.4) is 0 Å². The largest absolute Gasteiger partial charge is 0.362 e. The molecule has 2 aromatic heterocycles. The van der Waals surface area contributed by atoms with E-state index < -0.39 is 11.7 Å². The van der Waals surface area contributed by atoms with Crippen LogP contribution in [0.15, 0.2) is 35.3 Å². The van der Waals surface area contributed by atoms with Crippen molar-refractivity contribution in [3.63, 3.8) is 0 Å². The summed E-state index contributed by atoms with van der Waals surface area (Å²) in [5.74, 6) is -2.70. The zero-order valence-electron chi connectivity index (χ0n) is 18.8. The van der Waals surface area contributed by atoms with Gasteiger partial charge >= 0.3 is 0 Å². The maximum atomic E-state index is 14.2. The van der Waals surface area contributed by atoms with Gasteiger partial charge in [0.15, 0.2) is 5.65 Å². The van der Waals surface area contributed by atoms with Gasteiger partial charge in [-0.2, -0.15) is 5.10 Å². The van der Waals surface area contributed by atoms with Gasteiger partial charge in [-0.15, -0.1) is 0 Å². The van der Waals surface area contributed by atoms with Crippen LogP contribution in [0.5, 0.6) is 0 Å². The van der Waals surface area contributed by atoms with E-state index >= 15 is 0 Å². The number of H-pyrrole nitrogens is 1. The number of alkyl halides is 2. The summed E-state index contributed by atoms with van der Waals surface area (Å²) < 4.78 is 48.6. The molecule has 2 aliphatic rings. The van der Waals surface area contributed by atoms with Gasteiger partial charge in [0.05, 0.1) is 12.2 Å². The molecule has 34 heavy (non-hydrogen) atoms. The van der Waals surface area contributed by atoms with Gasteiger partial charge in [-0.25, -0.2) is 22.8 Å². The minimum absolute atomic E-state index is 0.181. The Morgan fingerprint density at radius 3 is 2.82 bits per heavy atom. The van der Waals surface area contributed by atoms with E-state index in [0.29, 0.717) is 22.4 Å². The molecule has 1 fully saturated rings. The molecule has 0 bridgehead atoms. The SMILES string of the molecule is COC1NCCC=C1c1ccc(F)cc1Cc1nc2c(cnn2C2CCC(F)(F)CC2)c(=O)[nH]1. The molecule has 1 aliphatic heterocycles. The van der Waals surface area contributed by atoms with Gasteiger partial charge in [0, 0.05) is 32.9 Å². The van der Waals surface area contributed by atoms with Crippen molar-refractivity contribution in [2.75, 3.05) is 13.7 Å². The van der Waals surface area contributed by atoms with Crippen molar-refractivity contribution in [1.29, 1.82) is 0 Å². The zero-order valence-corrected chi connectivity index (χ0v) is 18.8. The molecule has 1 aliphatic carbocycles. The van der Waals surface area contributed by atoms with Crippen LogP contribution in [0, 0.1) is 5.82 Å². The molecule has 0 amide bonds. The third-order valence-corrected chi connectivity index (χ3v) is 6.64. The Labute approximate surface area is 194 Å². The normalized spacial score (nSPS) is 21.1. The van der Waals surface area contributed by atoms with Crippen molar-refractivity contribution in [2.24, 2.45) is 0 Å². The van der Waals surface area contributed by atoms with Crippen molar-refractivity contribution in [2.45, 2.75) is 56.7 Å². The van der Waals surface area contributed by atoms with Gasteiger partial charge in [0.2, 0.25) is 5.92 Å². The van der Waals surface area contributed by atoms with Crippen LogP contribution in [0.25, 0.3) is 16.6 Å². The lowest BCUT2D eigenvalue weighted by Crippen LogP contribution is -2.35. The molecule has 1 aromatic carbocycles. The first-order valence-corrected chi connectivity index (χ1v) is 11.4. The minimum atomic E-state index is -2.66. The fraction of sp³-hybridized carbons (Fsp3) is 0.458. The molecular weight excluding hydrogens is 447 g/mol. The Hall–Kier alpha value is -2.98. The number of aromatic nitrogens is 4. The highest BCUT2D eigenvalue weighted by molar-refractivity contribution is 5.74. The number of nitrogens with zero attached hydrogens (tertiary/aromatic N) is 3. The van der Waals surface area contributed by atoms with Crippen molar-refractivity contribution < 1.29 is 17.9 Å². The number of nitrogens with one attached hydrogen (secondary N) is 2. The Morgan fingerprint density at radius 2 is 2.06 bits per heavy atom. The number of rotatable bonds is 5. The molecule has 7 nitrogen and oxygen atoms in total. The van der Waals surface area contributed by atoms with Crippen LogP contribution in [-0.2, 0) is 11.2 Å². The molecular formula is C24H26F3N5O2. The lowest BCUT2D eigenvalue weighted by atomic mass is 9.92. The molecule has 5 rings (SSSR count). The van der Waals surface area contributed by atoms with E-state index in [4.69, 9.17) is 4.74 Å². The highest BCUT2D eigenvalue weighted by Gasteiger charge is 2.36. The highest BCUT2D eigenvalue weighted by atomic mass is 19.3. The molecule has 1 atom stereocenters. The third kappa shape index (κ3) is 4.39. The standard InChI is InChI=1S/C24H26F3N5O2/c1-34-23-18(3-2-10-28-23)17-5-4-15(25)11-14(17)12-20-30-21-19(22(33)31-20)13-29-32(21)16-6-8-24(26,27)9-7-16/h3-5,11,13,16,23,28H,2,6-10,12H2,1H3,(H,30,31,33). The van der Waals surface area contributed by atoms with E-state index in [-0.39, 0.29) is 49.9 Å². The second-order valence-corrected chi connectivity index (χ2v) is 8.92. The molecule has 0 radical (unpaired) electrons. The molecule has 10 heteroatoms. The van der Waals surface area contributed by atoms with Gasteiger partial charge in [-0.1, -0.05) is 12.1 Å². The molecule has 3 heterocycles. The number of hydrogen-bond acceptors (Lipinski definition) is 5. The number of benzene rings is 1. The van der Waals surface area contributed by atoms with Crippen LogP contribution >= 0.6 is 0 Å². The summed E-state index contributed by atoms with van der Waals surface area (Å²) >= 11 is 0. The van der Waals surface area contributed by atoms with Crippen LogP contribution in [-0.4, -0.2) is 45.6 Å². The van der Waals surface area contributed by atoms with Crippen LogP contribution in [0.2, 0.25) is 0 Å². The Bertz CT molecular complexity index is 1290. The van der Waals surface area contributed by atoms with Crippen molar-refractivity contribution >= 4 is 16.6 Å². The van der Waals surface area contributed by atoms with Crippen LogP contribution in [0.4, 0.5) is 13.2 Å². The first-order valence-electron chi connectivity index (χ1n) is 11.4. The highest BCUT2D eigenvalue weighted by Crippen LogP contribution is 2.38. The Kier molecular flexibility index (Phi) is 6.03. The van der Waals surface area contributed by atoms with Gasteiger partial charge < -0.3 is 9.72 Å². The van der Waals surface area contributed by atoms with Crippen molar-refractivity contribution in [1.82, 2.24) is 25.1 Å². The number of fused-ring (bicyclic) bond motifs is 1. The second kappa shape index (κ2) is 8.99. The number of ether oxygens (including phenoxy) is 1. The maximum absolute atomic E-state index is 14.2. The summed E-state index contributed by atoms with van der Waals surface area (Å²) in [5, 5.41) is 7.88. The topological polar surface area (TPSA) is 84.8 Å². The molecule has 1 unspecified atom stereocenters. The van der Waals surface area contributed by atoms with E-state index in [9.17, 15) is 18.0 Å². The molecule has 180 valence electrons. The fourth-order valence-electron chi connectivity index (χ4n) is 4.89. The lowest BCUT2D eigenvalue weighted by Gasteiger charge is -2.28. The van der Waals surface area contributed by atoms with E-state index in [0.717, 1.165) is 24.1 Å². The summed E-state index contributed by atoms with van der Waals surface area (Å²) in [6, 6.07) is 4.29. The van der Waals surface area contributed by atoms with Gasteiger partial charge in [-0.05, 0) is 48.1 Å². The molecule has 1 saturated carbocycles. The van der Waals surface area contributed by atoms with Crippen molar-refractivity contribution in [3.8, 4) is 0 Å². The predicted molar refractivity (Wildman–Crippen MR) is 121 cm³/mol.